The zero-order valence-electron chi connectivity index (χ0n) is 16.9. The highest BCUT2D eigenvalue weighted by Gasteiger charge is 2.27. The van der Waals surface area contributed by atoms with Crippen LogP contribution in [0.15, 0.2) is 36.4 Å². The number of ether oxygens (including phenoxy) is 3. The van der Waals surface area contributed by atoms with Crippen LogP contribution in [-0.2, 0) is 9.53 Å². The molecule has 8 heteroatoms. The highest BCUT2D eigenvalue weighted by atomic mass is 35.5. The van der Waals surface area contributed by atoms with E-state index < -0.39 is 0 Å². The third-order valence-corrected chi connectivity index (χ3v) is 6.57. The second-order valence-electron chi connectivity index (χ2n) is 7.15. The van der Waals surface area contributed by atoms with Crippen molar-refractivity contribution in [3.8, 4) is 11.5 Å². The lowest BCUT2D eigenvalue weighted by Gasteiger charge is -2.23. The summed E-state index contributed by atoms with van der Waals surface area (Å²) in [5.74, 6) is 1.07. The van der Waals surface area contributed by atoms with Crippen molar-refractivity contribution < 1.29 is 19.0 Å². The number of anilines is 1. The van der Waals surface area contributed by atoms with Gasteiger partial charge in [0.05, 0.1) is 35.0 Å². The molecule has 1 aliphatic heterocycles. The molecule has 3 aromatic rings. The van der Waals surface area contributed by atoms with E-state index in [1.54, 1.807) is 24.1 Å². The molecule has 2 heterocycles. The number of halogens is 1. The van der Waals surface area contributed by atoms with Gasteiger partial charge in [0.15, 0.2) is 11.7 Å². The van der Waals surface area contributed by atoms with Gasteiger partial charge in [-0.25, -0.2) is 4.98 Å². The third kappa shape index (κ3) is 4.53. The van der Waals surface area contributed by atoms with E-state index in [2.05, 4.69) is 0 Å². The Balaban J connectivity index is 1.58. The van der Waals surface area contributed by atoms with Crippen molar-refractivity contribution in [1.82, 2.24) is 4.98 Å². The lowest BCUT2D eigenvalue weighted by atomic mass is 10.2. The van der Waals surface area contributed by atoms with Crippen LogP contribution < -0.4 is 14.4 Å². The Morgan fingerprint density at radius 2 is 2.17 bits per heavy atom. The van der Waals surface area contributed by atoms with Crippen LogP contribution in [0.5, 0.6) is 11.5 Å². The van der Waals surface area contributed by atoms with Crippen LogP contribution in [0.4, 0.5) is 5.13 Å². The number of fused-ring (bicyclic) bond motifs is 1. The van der Waals surface area contributed by atoms with Gasteiger partial charge in [-0.15, -0.1) is 0 Å². The summed E-state index contributed by atoms with van der Waals surface area (Å²) < 4.78 is 17.6. The Kier molecular flexibility index (Phi) is 6.41. The normalized spacial score (nSPS) is 16.0. The van der Waals surface area contributed by atoms with Crippen LogP contribution in [0.3, 0.4) is 0 Å². The summed E-state index contributed by atoms with van der Waals surface area (Å²) in [6.45, 7) is 3.04. The first kappa shape index (κ1) is 20.9. The molecule has 0 N–H and O–H groups in total. The van der Waals surface area contributed by atoms with Gasteiger partial charge in [0.2, 0.25) is 0 Å². The molecule has 1 unspecified atom stereocenters. The highest BCUT2D eigenvalue weighted by molar-refractivity contribution is 7.23. The van der Waals surface area contributed by atoms with Crippen molar-refractivity contribution in [2.75, 3.05) is 31.8 Å². The molecule has 30 heavy (non-hydrogen) atoms. The maximum atomic E-state index is 13.2. The molecule has 0 aliphatic carbocycles. The molecule has 1 fully saturated rings. The molecule has 1 saturated heterocycles. The Bertz CT molecular complexity index is 1010. The van der Waals surface area contributed by atoms with Crippen LogP contribution in [0.2, 0.25) is 5.02 Å². The minimum atomic E-state index is -0.179. The first-order valence-electron chi connectivity index (χ1n) is 9.79. The summed E-state index contributed by atoms with van der Waals surface area (Å²) in [5, 5.41) is 1.24. The monoisotopic (exact) mass is 446 g/mol. The zero-order chi connectivity index (χ0) is 21.1. The molecule has 0 bridgehead atoms. The van der Waals surface area contributed by atoms with Gasteiger partial charge in [-0.05, 0) is 43.5 Å². The molecular formula is C22H23ClN2O4S. The summed E-state index contributed by atoms with van der Waals surface area (Å²) in [6, 6.07) is 11.0. The van der Waals surface area contributed by atoms with Crippen LogP contribution in [0.1, 0.15) is 18.4 Å². The molecule has 1 aliphatic rings. The number of thiazole rings is 1. The molecule has 1 amide bonds. The molecule has 2 aromatic carbocycles. The number of methoxy groups -OCH3 is 1. The quantitative estimate of drug-likeness (QED) is 0.518. The van der Waals surface area contributed by atoms with E-state index in [1.165, 1.54) is 11.3 Å². The van der Waals surface area contributed by atoms with Gasteiger partial charge in [-0.2, -0.15) is 0 Å². The molecule has 4 rings (SSSR count). The SMILES string of the molecule is COc1cccc(OCC(=O)N(CC2CCCO2)c2nc3c(C)ccc(Cl)c3s2)c1. The first-order chi connectivity index (χ1) is 14.5. The number of aromatic nitrogens is 1. The highest BCUT2D eigenvalue weighted by Crippen LogP contribution is 2.36. The summed E-state index contributed by atoms with van der Waals surface area (Å²) in [4.78, 5) is 19.5. The summed E-state index contributed by atoms with van der Waals surface area (Å²) in [7, 11) is 1.59. The number of nitrogens with zero attached hydrogens (tertiary/aromatic N) is 2. The van der Waals surface area contributed by atoms with Gasteiger partial charge < -0.3 is 14.2 Å². The van der Waals surface area contributed by atoms with E-state index in [0.29, 0.717) is 28.2 Å². The van der Waals surface area contributed by atoms with E-state index in [9.17, 15) is 4.79 Å². The fourth-order valence-corrected chi connectivity index (χ4v) is 4.74. The fourth-order valence-electron chi connectivity index (χ4n) is 3.40. The largest absolute Gasteiger partial charge is 0.497 e. The van der Waals surface area contributed by atoms with E-state index in [-0.39, 0.29) is 18.6 Å². The Morgan fingerprint density at radius 3 is 2.90 bits per heavy atom. The first-order valence-corrected chi connectivity index (χ1v) is 11.0. The van der Waals surface area contributed by atoms with Gasteiger partial charge >= 0.3 is 0 Å². The van der Waals surface area contributed by atoms with Gasteiger partial charge in [0.25, 0.3) is 5.91 Å². The number of benzene rings is 2. The summed E-state index contributed by atoms with van der Waals surface area (Å²) in [5.41, 5.74) is 1.84. The average Bonchev–Trinajstić information content (AvgIpc) is 3.43. The lowest BCUT2D eigenvalue weighted by molar-refractivity contribution is -0.120. The van der Waals surface area contributed by atoms with Gasteiger partial charge in [-0.1, -0.05) is 35.1 Å². The average molecular weight is 447 g/mol. The predicted molar refractivity (Wildman–Crippen MR) is 119 cm³/mol. The van der Waals surface area contributed by atoms with Crippen LogP contribution in [-0.4, -0.2) is 43.9 Å². The van der Waals surface area contributed by atoms with Gasteiger partial charge in [0, 0.05) is 12.7 Å². The predicted octanol–water partition coefficient (Wildman–Crippen LogP) is 4.86. The minimum Gasteiger partial charge on any atom is -0.497 e. The molecule has 1 aromatic heterocycles. The summed E-state index contributed by atoms with van der Waals surface area (Å²) in [6.07, 6.45) is 1.91. The van der Waals surface area contributed by atoms with Crippen molar-refractivity contribution in [3.63, 3.8) is 0 Å². The van der Waals surface area contributed by atoms with Crippen molar-refractivity contribution in [2.45, 2.75) is 25.9 Å². The Labute approximate surface area is 184 Å². The number of aryl methyl sites for hydroxylation is 1. The number of amides is 1. The second kappa shape index (κ2) is 9.20. The lowest BCUT2D eigenvalue weighted by Crippen LogP contribution is -2.40. The number of hydrogen-bond acceptors (Lipinski definition) is 6. The van der Waals surface area contributed by atoms with E-state index in [1.807, 2.05) is 31.2 Å². The molecular weight excluding hydrogens is 424 g/mol. The van der Waals surface area contributed by atoms with Crippen molar-refractivity contribution >= 4 is 44.2 Å². The van der Waals surface area contributed by atoms with Crippen LogP contribution in [0, 0.1) is 6.92 Å². The Hall–Kier alpha value is -2.35. The smallest absolute Gasteiger partial charge is 0.266 e. The van der Waals surface area contributed by atoms with Crippen molar-refractivity contribution in [3.05, 3.63) is 47.0 Å². The molecule has 0 saturated carbocycles. The van der Waals surface area contributed by atoms with E-state index >= 15 is 0 Å². The topological polar surface area (TPSA) is 60.9 Å². The maximum Gasteiger partial charge on any atom is 0.266 e. The number of carbonyl (C=O) groups is 1. The standard InChI is InChI=1S/C22H23ClN2O4S/c1-14-8-9-18(23)21-20(14)24-22(30-21)25(12-17-7-4-10-28-17)19(26)13-29-16-6-3-5-15(11-16)27-2/h3,5-6,8-9,11,17H,4,7,10,12-13H2,1-2H3. The molecule has 6 nitrogen and oxygen atoms in total. The van der Waals surface area contributed by atoms with E-state index in [0.717, 1.165) is 35.2 Å². The van der Waals surface area contributed by atoms with Crippen LogP contribution in [0.25, 0.3) is 10.2 Å². The van der Waals surface area contributed by atoms with Gasteiger partial charge in [-0.3, -0.25) is 9.69 Å². The van der Waals surface area contributed by atoms with Crippen molar-refractivity contribution in [1.29, 1.82) is 0 Å². The second-order valence-corrected chi connectivity index (χ2v) is 8.53. The maximum absolute atomic E-state index is 13.2. The van der Waals surface area contributed by atoms with Crippen molar-refractivity contribution in [2.24, 2.45) is 0 Å². The third-order valence-electron chi connectivity index (χ3n) is 5.03. The molecule has 0 spiro atoms. The number of carbonyl (C=O) groups excluding carboxylic acids is 1. The van der Waals surface area contributed by atoms with Gasteiger partial charge in [0.1, 0.15) is 11.5 Å². The zero-order valence-corrected chi connectivity index (χ0v) is 18.5. The molecule has 158 valence electrons. The number of rotatable bonds is 7. The Morgan fingerprint density at radius 1 is 1.33 bits per heavy atom. The molecule has 0 radical (unpaired) electrons. The molecule has 1 atom stereocenters. The van der Waals surface area contributed by atoms with Crippen LogP contribution >= 0.6 is 22.9 Å². The van der Waals surface area contributed by atoms with E-state index in [4.69, 9.17) is 30.8 Å². The summed E-state index contributed by atoms with van der Waals surface area (Å²) >= 11 is 7.79. The fraction of sp³-hybridized carbons (Fsp3) is 0.364. The number of hydrogen-bond donors (Lipinski definition) is 0. The minimum absolute atomic E-state index is 0.00523.